The maximum absolute atomic E-state index is 12.4. The molecule has 0 saturated carbocycles. The van der Waals surface area contributed by atoms with Gasteiger partial charge in [-0.1, -0.05) is 11.6 Å². The second-order valence-electron chi connectivity index (χ2n) is 6.25. The highest BCUT2D eigenvalue weighted by atomic mass is 35.5. The van der Waals surface area contributed by atoms with Crippen molar-refractivity contribution in [2.45, 2.75) is 6.54 Å². The van der Waals surface area contributed by atoms with E-state index in [0.29, 0.717) is 22.8 Å². The molecule has 4 rings (SSSR count). The van der Waals surface area contributed by atoms with Crippen molar-refractivity contribution in [2.24, 2.45) is 0 Å². The fourth-order valence-corrected chi connectivity index (χ4v) is 3.03. The van der Waals surface area contributed by atoms with Crippen LogP contribution in [0.5, 0.6) is 11.5 Å². The summed E-state index contributed by atoms with van der Waals surface area (Å²) in [6.45, 7) is -0.248. The van der Waals surface area contributed by atoms with Gasteiger partial charge in [-0.3, -0.25) is 19.7 Å². The van der Waals surface area contributed by atoms with Gasteiger partial charge in [0.15, 0.2) is 11.5 Å². The molecule has 1 N–H and O–H groups in total. The van der Waals surface area contributed by atoms with Gasteiger partial charge in [-0.25, -0.2) is 4.68 Å². The van der Waals surface area contributed by atoms with E-state index in [1.165, 1.54) is 24.3 Å². The van der Waals surface area contributed by atoms with Crippen molar-refractivity contribution in [1.29, 1.82) is 0 Å². The van der Waals surface area contributed by atoms with E-state index in [1.807, 2.05) is 0 Å². The average Bonchev–Trinajstić information content (AvgIpc) is 3.18. The first-order valence-electron chi connectivity index (χ1n) is 8.63. The van der Waals surface area contributed by atoms with Crippen LogP contribution in [0, 0.1) is 10.1 Å². The number of anilines is 1. The van der Waals surface area contributed by atoms with Crippen LogP contribution in [0.1, 0.15) is 0 Å². The van der Waals surface area contributed by atoms with Gasteiger partial charge in [0.2, 0.25) is 12.7 Å². The van der Waals surface area contributed by atoms with Gasteiger partial charge < -0.3 is 14.8 Å². The molecule has 0 unspecified atom stereocenters. The van der Waals surface area contributed by atoms with Gasteiger partial charge in [-0.2, -0.15) is 5.10 Å². The summed E-state index contributed by atoms with van der Waals surface area (Å²) in [5, 5.41) is 17.6. The summed E-state index contributed by atoms with van der Waals surface area (Å²) < 4.78 is 11.6. The number of hydrogen-bond donors (Lipinski definition) is 1. The van der Waals surface area contributed by atoms with Crippen LogP contribution in [0.15, 0.2) is 53.3 Å². The van der Waals surface area contributed by atoms with E-state index in [4.69, 9.17) is 21.1 Å². The third-order valence-corrected chi connectivity index (χ3v) is 4.57. The van der Waals surface area contributed by atoms with Gasteiger partial charge in [-0.15, -0.1) is 0 Å². The largest absolute Gasteiger partial charge is 0.454 e. The van der Waals surface area contributed by atoms with Crippen LogP contribution >= 0.6 is 11.6 Å². The number of nitrogens with zero attached hydrogens (tertiary/aromatic N) is 3. The lowest BCUT2D eigenvalue weighted by molar-refractivity contribution is -0.384. The normalized spacial score (nSPS) is 11.9. The molecule has 2 aromatic carbocycles. The summed E-state index contributed by atoms with van der Waals surface area (Å²) in [4.78, 5) is 34.8. The Morgan fingerprint density at radius 1 is 1.17 bits per heavy atom. The van der Waals surface area contributed by atoms with Gasteiger partial charge in [0.05, 0.1) is 10.6 Å². The molecule has 0 aliphatic carbocycles. The van der Waals surface area contributed by atoms with Crippen molar-refractivity contribution in [3.8, 4) is 22.8 Å². The second kappa shape index (κ2) is 7.84. The number of amides is 1. The molecule has 3 aromatic rings. The minimum Gasteiger partial charge on any atom is -0.454 e. The quantitative estimate of drug-likeness (QED) is 0.489. The minimum atomic E-state index is -0.654. The van der Waals surface area contributed by atoms with E-state index in [1.54, 1.807) is 18.2 Å². The molecule has 0 radical (unpaired) electrons. The van der Waals surface area contributed by atoms with Gasteiger partial charge in [0, 0.05) is 23.4 Å². The molecule has 1 amide bonds. The number of aromatic nitrogens is 2. The molecule has 2 heterocycles. The number of carbonyl (C=O) groups is 1. The topological polar surface area (TPSA) is 126 Å². The van der Waals surface area contributed by atoms with E-state index in [-0.39, 0.29) is 29.7 Å². The molecule has 0 bridgehead atoms. The van der Waals surface area contributed by atoms with Gasteiger partial charge in [0.25, 0.3) is 11.2 Å². The molecule has 152 valence electrons. The van der Waals surface area contributed by atoms with Gasteiger partial charge in [0.1, 0.15) is 11.6 Å². The summed E-state index contributed by atoms with van der Waals surface area (Å²) in [5.41, 5.74) is 0.506. The predicted octanol–water partition coefficient (Wildman–Crippen LogP) is 2.84. The van der Waals surface area contributed by atoms with Crippen LogP contribution in [0.4, 0.5) is 11.4 Å². The standard InChI is InChI=1S/C19H13ClN4O6/c20-13-3-2-12(8-15(13)24(27)28)21-18(25)9-23-19(26)6-4-14(22-23)11-1-5-16-17(7-11)30-10-29-16/h1-8H,9-10H2,(H,21,25). The Kier molecular flexibility index (Phi) is 5.07. The SMILES string of the molecule is O=C(Cn1nc(-c2ccc3c(c2)OCO3)ccc1=O)Nc1ccc(Cl)c([N+](=O)[O-])c1. The molecule has 0 atom stereocenters. The number of benzene rings is 2. The zero-order valence-electron chi connectivity index (χ0n) is 15.2. The summed E-state index contributed by atoms with van der Waals surface area (Å²) in [7, 11) is 0. The predicted molar refractivity (Wildman–Crippen MR) is 107 cm³/mol. The van der Waals surface area contributed by atoms with Crippen molar-refractivity contribution in [2.75, 3.05) is 12.1 Å². The first-order valence-corrected chi connectivity index (χ1v) is 9.00. The number of ether oxygens (including phenoxy) is 2. The van der Waals surface area contributed by atoms with Crippen LogP contribution in [-0.2, 0) is 11.3 Å². The molecule has 0 fully saturated rings. The molecule has 30 heavy (non-hydrogen) atoms. The molecule has 1 aliphatic heterocycles. The number of nitrogens with one attached hydrogen (secondary N) is 1. The van der Waals surface area contributed by atoms with Crippen LogP contribution in [0.3, 0.4) is 0 Å². The first kappa shape index (κ1) is 19.4. The highest BCUT2D eigenvalue weighted by Crippen LogP contribution is 2.35. The second-order valence-corrected chi connectivity index (χ2v) is 6.66. The van der Waals surface area contributed by atoms with E-state index in [2.05, 4.69) is 10.4 Å². The van der Waals surface area contributed by atoms with E-state index in [0.717, 1.165) is 10.7 Å². The van der Waals surface area contributed by atoms with Crippen LogP contribution < -0.4 is 20.3 Å². The smallest absolute Gasteiger partial charge is 0.289 e. The first-order chi connectivity index (χ1) is 14.4. The molecule has 10 nitrogen and oxygen atoms in total. The fraction of sp³-hybridized carbons (Fsp3) is 0.105. The molecule has 0 spiro atoms. The zero-order valence-corrected chi connectivity index (χ0v) is 16.0. The lowest BCUT2D eigenvalue weighted by Crippen LogP contribution is -2.29. The summed E-state index contributed by atoms with van der Waals surface area (Å²) in [5.74, 6) is 0.599. The number of carbonyl (C=O) groups excluding carboxylic acids is 1. The fourth-order valence-electron chi connectivity index (χ4n) is 2.84. The highest BCUT2D eigenvalue weighted by molar-refractivity contribution is 6.32. The molecular weight excluding hydrogens is 416 g/mol. The van der Waals surface area contributed by atoms with E-state index >= 15 is 0 Å². The van der Waals surface area contributed by atoms with Crippen molar-refractivity contribution in [1.82, 2.24) is 9.78 Å². The maximum Gasteiger partial charge on any atom is 0.289 e. The van der Waals surface area contributed by atoms with Crippen LogP contribution in [0.25, 0.3) is 11.3 Å². The maximum atomic E-state index is 12.4. The Hall–Kier alpha value is -3.92. The van der Waals surface area contributed by atoms with Crippen molar-refractivity contribution in [3.05, 3.63) is 74.0 Å². The summed E-state index contributed by atoms with van der Waals surface area (Å²) in [6.07, 6.45) is 0. The van der Waals surface area contributed by atoms with E-state index < -0.39 is 16.4 Å². The Morgan fingerprint density at radius 2 is 1.97 bits per heavy atom. The Bertz CT molecular complexity index is 1230. The lowest BCUT2D eigenvalue weighted by Gasteiger charge is -2.09. The third kappa shape index (κ3) is 3.94. The molecule has 1 aliphatic rings. The Morgan fingerprint density at radius 3 is 2.77 bits per heavy atom. The van der Waals surface area contributed by atoms with Crippen LogP contribution in [-0.4, -0.2) is 27.4 Å². The molecule has 0 saturated heterocycles. The van der Waals surface area contributed by atoms with Crippen molar-refractivity contribution >= 4 is 28.9 Å². The number of rotatable bonds is 5. The van der Waals surface area contributed by atoms with Crippen molar-refractivity contribution in [3.63, 3.8) is 0 Å². The molecular formula is C19H13ClN4O6. The monoisotopic (exact) mass is 428 g/mol. The summed E-state index contributed by atoms with van der Waals surface area (Å²) in [6, 6.07) is 11.9. The molecule has 11 heteroatoms. The number of fused-ring (bicyclic) bond motifs is 1. The van der Waals surface area contributed by atoms with Gasteiger partial charge >= 0.3 is 0 Å². The average molecular weight is 429 g/mol. The third-order valence-electron chi connectivity index (χ3n) is 4.25. The Balaban J connectivity index is 1.54. The Labute approximate surface area is 173 Å². The van der Waals surface area contributed by atoms with Crippen LogP contribution in [0.2, 0.25) is 5.02 Å². The summed E-state index contributed by atoms with van der Waals surface area (Å²) >= 11 is 5.76. The highest BCUT2D eigenvalue weighted by Gasteiger charge is 2.16. The lowest BCUT2D eigenvalue weighted by atomic mass is 10.1. The number of nitro benzene ring substituents is 1. The molecule has 1 aromatic heterocycles. The number of hydrogen-bond acceptors (Lipinski definition) is 7. The zero-order chi connectivity index (χ0) is 21.3. The minimum absolute atomic E-state index is 0.0488. The van der Waals surface area contributed by atoms with Gasteiger partial charge in [-0.05, 0) is 36.4 Å². The van der Waals surface area contributed by atoms with Crippen molar-refractivity contribution < 1.29 is 19.2 Å². The van der Waals surface area contributed by atoms with E-state index in [9.17, 15) is 19.7 Å². The number of nitro groups is 1. The number of halogens is 1.